The van der Waals surface area contributed by atoms with Crippen molar-refractivity contribution in [2.75, 3.05) is 6.54 Å². The number of rotatable bonds is 2. The van der Waals surface area contributed by atoms with Crippen molar-refractivity contribution in [1.82, 2.24) is 4.90 Å². The predicted molar refractivity (Wildman–Crippen MR) is 54.7 cm³/mol. The van der Waals surface area contributed by atoms with E-state index in [1.54, 1.807) is 0 Å². The number of hydrogen-bond acceptors (Lipinski definition) is 2. The molecule has 2 fully saturated rings. The van der Waals surface area contributed by atoms with Crippen molar-refractivity contribution in [2.24, 2.45) is 5.92 Å². The third kappa shape index (κ3) is 2.40. The van der Waals surface area contributed by atoms with E-state index in [9.17, 15) is 18.4 Å². The zero-order valence-electron chi connectivity index (χ0n) is 9.36. The Morgan fingerprint density at radius 3 is 2.18 bits per heavy atom. The second-order valence-electron chi connectivity index (χ2n) is 4.80. The molecule has 1 atom stereocenters. The highest BCUT2D eigenvalue weighted by molar-refractivity contribution is 5.86. The quantitative estimate of drug-likeness (QED) is 0.804. The molecular weight excluding hydrogens is 232 g/mol. The van der Waals surface area contributed by atoms with Crippen LogP contribution in [0.1, 0.15) is 32.1 Å². The summed E-state index contributed by atoms with van der Waals surface area (Å²) >= 11 is 0. The van der Waals surface area contributed by atoms with E-state index < -0.39 is 23.9 Å². The lowest BCUT2D eigenvalue weighted by molar-refractivity contribution is -0.161. The fraction of sp³-hybridized carbons (Fsp3) is 0.818. The number of carbonyl (C=O) groups excluding carboxylic acids is 1. The second-order valence-corrected chi connectivity index (χ2v) is 4.80. The van der Waals surface area contributed by atoms with Crippen molar-refractivity contribution in [2.45, 2.75) is 44.1 Å². The van der Waals surface area contributed by atoms with Crippen LogP contribution >= 0.6 is 0 Å². The van der Waals surface area contributed by atoms with Crippen molar-refractivity contribution in [3.63, 3.8) is 0 Å². The van der Waals surface area contributed by atoms with Crippen molar-refractivity contribution in [3.05, 3.63) is 0 Å². The minimum absolute atomic E-state index is 0.161. The van der Waals surface area contributed by atoms with E-state index in [1.807, 2.05) is 0 Å². The van der Waals surface area contributed by atoms with E-state index in [2.05, 4.69) is 0 Å². The highest BCUT2D eigenvalue weighted by atomic mass is 19.3. The minimum Gasteiger partial charge on any atom is -0.480 e. The highest BCUT2D eigenvalue weighted by Crippen LogP contribution is 2.37. The van der Waals surface area contributed by atoms with Crippen LogP contribution in [-0.2, 0) is 9.59 Å². The number of nitrogens with zero attached hydrogens (tertiary/aromatic N) is 1. The minimum atomic E-state index is -2.65. The van der Waals surface area contributed by atoms with E-state index in [-0.39, 0.29) is 31.6 Å². The molecule has 1 heterocycles. The van der Waals surface area contributed by atoms with Crippen LogP contribution in [0, 0.1) is 5.92 Å². The summed E-state index contributed by atoms with van der Waals surface area (Å²) in [7, 11) is 0. The first-order valence-electron chi connectivity index (χ1n) is 5.82. The lowest BCUT2D eigenvalue weighted by Crippen LogP contribution is -2.57. The lowest BCUT2D eigenvalue weighted by atomic mass is 9.84. The zero-order chi connectivity index (χ0) is 12.6. The first kappa shape index (κ1) is 12.3. The van der Waals surface area contributed by atoms with Gasteiger partial charge in [-0.05, 0) is 19.3 Å². The molecule has 1 saturated carbocycles. The molecule has 96 valence electrons. The van der Waals surface area contributed by atoms with Crippen LogP contribution < -0.4 is 0 Å². The molecule has 1 saturated heterocycles. The summed E-state index contributed by atoms with van der Waals surface area (Å²) in [4.78, 5) is 24.0. The van der Waals surface area contributed by atoms with Gasteiger partial charge in [0.25, 0.3) is 0 Å². The van der Waals surface area contributed by atoms with E-state index in [4.69, 9.17) is 5.11 Å². The molecule has 1 amide bonds. The lowest BCUT2D eigenvalue weighted by Gasteiger charge is -2.41. The van der Waals surface area contributed by atoms with E-state index in [0.29, 0.717) is 13.0 Å². The molecule has 0 aromatic rings. The normalized spacial score (nSPS) is 28.6. The largest absolute Gasteiger partial charge is 0.480 e. The third-order valence-corrected chi connectivity index (χ3v) is 3.65. The Labute approximate surface area is 97.6 Å². The number of carbonyl (C=O) groups is 2. The van der Waals surface area contributed by atoms with Crippen LogP contribution in [-0.4, -0.2) is 40.4 Å². The van der Waals surface area contributed by atoms with Gasteiger partial charge >= 0.3 is 5.97 Å². The van der Waals surface area contributed by atoms with E-state index in [1.165, 1.54) is 4.90 Å². The molecule has 2 aliphatic rings. The first-order chi connectivity index (χ1) is 7.91. The molecular formula is C11H15F2NO3. The molecule has 1 unspecified atom stereocenters. The molecule has 1 N–H and O–H groups in total. The first-order valence-corrected chi connectivity index (χ1v) is 5.82. The van der Waals surface area contributed by atoms with Gasteiger partial charge in [0, 0.05) is 25.3 Å². The Balaban J connectivity index is 1.91. The van der Waals surface area contributed by atoms with Crippen LogP contribution in [0.5, 0.6) is 0 Å². The molecule has 1 aliphatic heterocycles. The number of amides is 1. The topological polar surface area (TPSA) is 57.6 Å². The van der Waals surface area contributed by atoms with Crippen LogP contribution in [0.2, 0.25) is 0 Å². The maximum atomic E-state index is 12.9. The maximum absolute atomic E-state index is 12.9. The van der Waals surface area contributed by atoms with Gasteiger partial charge in [0.15, 0.2) is 0 Å². The van der Waals surface area contributed by atoms with E-state index in [0.717, 1.165) is 0 Å². The summed E-state index contributed by atoms with van der Waals surface area (Å²) in [5.41, 5.74) is 0. The Kier molecular flexibility index (Phi) is 3.05. The number of hydrogen-bond donors (Lipinski definition) is 1. The van der Waals surface area contributed by atoms with Gasteiger partial charge in [0.2, 0.25) is 11.8 Å². The number of alkyl halides is 2. The number of halogens is 2. The fourth-order valence-electron chi connectivity index (χ4n) is 2.43. The average molecular weight is 247 g/mol. The fourth-order valence-corrected chi connectivity index (χ4v) is 2.43. The van der Waals surface area contributed by atoms with E-state index >= 15 is 0 Å². The van der Waals surface area contributed by atoms with Crippen LogP contribution in [0.15, 0.2) is 0 Å². The average Bonchev–Trinajstić information content (AvgIpc) is 2.14. The summed E-state index contributed by atoms with van der Waals surface area (Å²) < 4.78 is 25.8. The van der Waals surface area contributed by atoms with Crippen LogP contribution in [0.25, 0.3) is 0 Å². The Hall–Kier alpha value is -1.20. The zero-order valence-corrected chi connectivity index (χ0v) is 9.36. The van der Waals surface area contributed by atoms with Gasteiger partial charge in [0.05, 0.1) is 0 Å². The van der Waals surface area contributed by atoms with Gasteiger partial charge in [-0.1, -0.05) is 0 Å². The summed E-state index contributed by atoms with van der Waals surface area (Å²) in [6.45, 7) is 0.433. The Morgan fingerprint density at radius 2 is 1.76 bits per heavy atom. The highest BCUT2D eigenvalue weighted by Gasteiger charge is 2.43. The number of aliphatic carboxylic acids is 1. The molecule has 17 heavy (non-hydrogen) atoms. The SMILES string of the molecule is O=C(O)C1CCN1C(=O)C1CCC(F)(F)CC1. The molecule has 1 aliphatic carbocycles. The van der Waals surface area contributed by atoms with Gasteiger partial charge in [0.1, 0.15) is 6.04 Å². The Bertz CT molecular complexity index is 336. The summed E-state index contributed by atoms with van der Waals surface area (Å²) in [5.74, 6) is -4.35. The summed E-state index contributed by atoms with van der Waals surface area (Å²) in [6, 6.07) is -0.745. The maximum Gasteiger partial charge on any atom is 0.326 e. The van der Waals surface area contributed by atoms with Gasteiger partial charge in [-0.25, -0.2) is 13.6 Å². The standard InChI is InChI=1S/C11H15F2NO3/c12-11(13)4-1-7(2-5-11)9(15)14-6-3-8(14)10(16)17/h7-8H,1-6H2,(H,16,17). The predicted octanol–water partition coefficient (Wildman–Crippen LogP) is 1.50. The molecule has 0 spiro atoms. The monoisotopic (exact) mass is 247 g/mol. The number of carboxylic acid groups (broad SMARTS) is 1. The second kappa shape index (κ2) is 4.23. The molecule has 2 rings (SSSR count). The molecule has 0 aromatic heterocycles. The van der Waals surface area contributed by atoms with Crippen molar-refractivity contribution in [3.8, 4) is 0 Å². The summed E-state index contributed by atoms with van der Waals surface area (Å²) in [6.07, 6.45) is 0.247. The molecule has 0 radical (unpaired) electrons. The molecule has 4 nitrogen and oxygen atoms in total. The van der Waals surface area contributed by atoms with Crippen LogP contribution in [0.4, 0.5) is 8.78 Å². The molecule has 0 bridgehead atoms. The number of carboxylic acids is 1. The van der Waals surface area contributed by atoms with Crippen molar-refractivity contribution < 1.29 is 23.5 Å². The van der Waals surface area contributed by atoms with Crippen molar-refractivity contribution >= 4 is 11.9 Å². The smallest absolute Gasteiger partial charge is 0.326 e. The van der Waals surface area contributed by atoms with Gasteiger partial charge in [-0.3, -0.25) is 4.79 Å². The third-order valence-electron chi connectivity index (χ3n) is 3.65. The van der Waals surface area contributed by atoms with Crippen molar-refractivity contribution in [1.29, 1.82) is 0 Å². The van der Waals surface area contributed by atoms with Gasteiger partial charge in [-0.15, -0.1) is 0 Å². The number of likely N-dealkylation sites (tertiary alicyclic amines) is 1. The summed E-state index contributed by atoms with van der Waals surface area (Å²) in [5, 5.41) is 8.82. The Morgan fingerprint density at radius 1 is 1.18 bits per heavy atom. The van der Waals surface area contributed by atoms with Crippen LogP contribution in [0.3, 0.4) is 0 Å². The molecule has 0 aromatic carbocycles. The molecule has 6 heteroatoms. The van der Waals surface area contributed by atoms with Gasteiger partial charge < -0.3 is 10.0 Å². The van der Waals surface area contributed by atoms with Gasteiger partial charge in [-0.2, -0.15) is 0 Å².